The van der Waals surface area contributed by atoms with E-state index >= 15 is 4.39 Å². The first-order chi connectivity index (χ1) is 19.8. The van der Waals surface area contributed by atoms with Gasteiger partial charge in [-0.2, -0.15) is 5.10 Å². The van der Waals surface area contributed by atoms with E-state index in [9.17, 15) is 4.79 Å². The number of halogens is 1. The summed E-state index contributed by atoms with van der Waals surface area (Å²) in [5.41, 5.74) is 6.57. The quantitative estimate of drug-likeness (QED) is 0.335. The van der Waals surface area contributed by atoms with Crippen LogP contribution in [-0.2, 0) is 36.4 Å². The Balaban J connectivity index is 1.23. The molecule has 3 heterocycles. The topological polar surface area (TPSA) is 99.3 Å². The molecule has 1 spiro atoms. The fraction of sp³-hybridized carbons (Fsp3) is 0.400. The second kappa shape index (κ2) is 10.7. The number of carbonyl (C=O) groups excluding carboxylic acids is 1. The molecule has 0 radical (unpaired) electrons. The highest BCUT2D eigenvalue weighted by molar-refractivity contribution is 5.95. The van der Waals surface area contributed by atoms with E-state index in [2.05, 4.69) is 50.9 Å². The SMILES string of the molecule is COCc1nn(Cc2ccc3c(c2)CN(C)CC32CC2)cc1C(=O)NCc1c(-n2cc(C)nn2)ccc(OC)c1F. The Morgan fingerprint density at radius 1 is 1.17 bits per heavy atom. The maximum Gasteiger partial charge on any atom is 0.255 e. The van der Waals surface area contributed by atoms with Crippen molar-refractivity contribution in [3.8, 4) is 11.4 Å². The summed E-state index contributed by atoms with van der Waals surface area (Å²) in [4.78, 5) is 15.8. The Morgan fingerprint density at radius 2 is 2.00 bits per heavy atom. The summed E-state index contributed by atoms with van der Waals surface area (Å²) in [6, 6.07) is 9.92. The first kappa shape index (κ1) is 27.1. The van der Waals surface area contributed by atoms with E-state index in [0.717, 1.165) is 18.7 Å². The van der Waals surface area contributed by atoms with Crippen LogP contribution in [0.5, 0.6) is 5.75 Å². The van der Waals surface area contributed by atoms with Crippen molar-refractivity contribution in [2.75, 3.05) is 27.8 Å². The van der Waals surface area contributed by atoms with Crippen LogP contribution in [0.3, 0.4) is 0 Å². The third-order valence-corrected chi connectivity index (χ3v) is 8.00. The number of benzene rings is 2. The molecule has 0 atom stereocenters. The van der Waals surface area contributed by atoms with Crippen molar-refractivity contribution in [3.63, 3.8) is 0 Å². The molecule has 1 fully saturated rings. The lowest BCUT2D eigenvalue weighted by atomic mass is 9.86. The maximum absolute atomic E-state index is 15.3. The normalized spacial score (nSPS) is 15.6. The number of methoxy groups -OCH3 is 2. The molecule has 6 rings (SSSR count). The van der Waals surface area contributed by atoms with Crippen molar-refractivity contribution >= 4 is 5.91 Å². The Kier molecular flexibility index (Phi) is 7.08. The van der Waals surface area contributed by atoms with Crippen molar-refractivity contribution in [3.05, 3.63) is 87.7 Å². The lowest BCUT2D eigenvalue weighted by Crippen LogP contribution is -2.35. The van der Waals surface area contributed by atoms with Gasteiger partial charge in [0.15, 0.2) is 11.6 Å². The summed E-state index contributed by atoms with van der Waals surface area (Å²) in [7, 11) is 5.14. The van der Waals surface area contributed by atoms with E-state index < -0.39 is 5.82 Å². The molecule has 1 aliphatic carbocycles. The monoisotopic (exact) mass is 559 g/mol. The highest BCUT2D eigenvalue weighted by Crippen LogP contribution is 2.52. The number of hydrogen-bond donors (Lipinski definition) is 1. The van der Waals surface area contributed by atoms with Crippen molar-refractivity contribution < 1.29 is 18.7 Å². The summed E-state index contributed by atoms with van der Waals surface area (Å²) in [5, 5.41) is 15.6. The van der Waals surface area contributed by atoms with Crippen molar-refractivity contribution in [2.24, 2.45) is 0 Å². The highest BCUT2D eigenvalue weighted by atomic mass is 19.1. The minimum Gasteiger partial charge on any atom is -0.494 e. The first-order valence-corrected chi connectivity index (χ1v) is 13.7. The Morgan fingerprint density at radius 3 is 2.71 bits per heavy atom. The van der Waals surface area contributed by atoms with Gasteiger partial charge in [-0.3, -0.25) is 9.48 Å². The minimum absolute atomic E-state index is 0.0755. The molecule has 1 N–H and O–H groups in total. The van der Waals surface area contributed by atoms with E-state index in [1.807, 2.05) is 0 Å². The molecule has 1 saturated carbocycles. The maximum atomic E-state index is 15.3. The Labute approximate surface area is 238 Å². The number of carbonyl (C=O) groups is 1. The van der Waals surface area contributed by atoms with Gasteiger partial charge in [-0.15, -0.1) is 5.10 Å². The molecular weight excluding hydrogens is 525 g/mol. The van der Waals surface area contributed by atoms with E-state index in [-0.39, 0.29) is 30.4 Å². The molecule has 1 aliphatic heterocycles. The van der Waals surface area contributed by atoms with Gasteiger partial charge in [0.2, 0.25) is 0 Å². The lowest BCUT2D eigenvalue weighted by molar-refractivity contribution is 0.0945. The molecule has 0 unspecified atom stereocenters. The molecule has 2 aromatic carbocycles. The van der Waals surface area contributed by atoms with E-state index in [4.69, 9.17) is 9.47 Å². The molecule has 0 saturated heterocycles. The third-order valence-electron chi connectivity index (χ3n) is 8.00. The van der Waals surface area contributed by atoms with Crippen LogP contribution >= 0.6 is 0 Å². The number of amides is 1. The van der Waals surface area contributed by atoms with E-state index in [0.29, 0.717) is 34.6 Å². The van der Waals surface area contributed by atoms with Crippen LogP contribution in [0.4, 0.5) is 4.39 Å². The summed E-state index contributed by atoms with van der Waals surface area (Å²) in [5.74, 6) is -0.877. The molecule has 41 heavy (non-hydrogen) atoms. The number of rotatable bonds is 9. The van der Waals surface area contributed by atoms with Crippen molar-refractivity contribution in [1.82, 2.24) is 35.0 Å². The average molecular weight is 560 g/mol. The third kappa shape index (κ3) is 5.22. The minimum atomic E-state index is -0.572. The smallest absolute Gasteiger partial charge is 0.255 e. The molecular formula is C30H34FN7O3. The number of fused-ring (bicyclic) bond motifs is 2. The van der Waals surface area contributed by atoms with Gasteiger partial charge in [-0.1, -0.05) is 23.4 Å². The Hall–Kier alpha value is -4.09. The Bertz CT molecular complexity index is 1610. The fourth-order valence-electron chi connectivity index (χ4n) is 5.94. The van der Waals surface area contributed by atoms with Crippen LogP contribution in [0, 0.1) is 12.7 Å². The number of hydrogen-bond acceptors (Lipinski definition) is 7. The second-order valence-corrected chi connectivity index (χ2v) is 11.1. The summed E-state index contributed by atoms with van der Waals surface area (Å²) < 4.78 is 29.1. The second-order valence-electron chi connectivity index (χ2n) is 11.1. The number of aryl methyl sites for hydroxylation is 1. The predicted molar refractivity (Wildman–Crippen MR) is 150 cm³/mol. The summed E-state index contributed by atoms with van der Waals surface area (Å²) in [6.07, 6.45) is 5.92. The van der Waals surface area contributed by atoms with Gasteiger partial charge < -0.3 is 19.7 Å². The number of aromatic nitrogens is 5. The van der Waals surface area contributed by atoms with Gasteiger partial charge >= 0.3 is 0 Å². The summed E-state index contributed by atoms with van der Waals surface area (Å²) in [6.45, 7) is 4.46. The standard InChI is InChI=1S/C30H34FN7O3/c1-19-13-38(35-33-19)26-7-8-27(41-4)28(31)22(26)12-32-29(39)23-16-37(34-25(23)17-40-3)14-20-5-6-24-21(11-20)15-36(2)18-30(24)9-10-30/h5-8,11,13,16H,9-10,12,14-15,17-18H2,1-4H3,(H,32,39). The molecule has 10 nitrogen and oxygen atoms in total. The molecule has 2 aliphatic rings. The first-order valence-electron chi connectivity index (χ1n) is 13.7. The van der Waals surface area contributed by atoms with Crippen LogP contribution in [0.25, 0.3) is 5.69 Å². The van der Waals surface area contributed by atoms with Crippen LogP contribution in [0.2, 0.25) is 0 Å². The average Bonchev–Trinajstić information content (AvgIpc) is 3.37. The van der Waals surface area contributed by atoms with Gasteiger partial charge in [0.25, 0.3) is 5.91 Å². The largest absolute Gasteiger partial charge is 0.494 e. The molecule has 214 valence electrons. The number of likely N-dealkylation sites (N-methyl/N-ethyl adjacent to an activating group) is 1. The van der Waals surface area contributed by atoms with Crippen molar-refractivity contribution in [2.45, 2.75) is 51.4 Å². The van der Waals surface area contributed by atoms with Crippen LogP contribution in [-0.4, -0.2) is 63.4 Å². The van der Waals surface area contributed by atoms with Crippen LogP contribution in [0.1, 0.15) is 56.8 Å². The van der Waals surface area contributed by atoms with Gasteiger partial charge in [0.1, 0.15) is 5.69 Å². The predicted octanol–water partition coefficient (Wildman–Crippen LogP) is 3.52. The zero-order valence-corrected chi connectivity index (χ0v) is 23.8. The molecule has 11 heteroatoms. The van der Waals surface area contributed by atoms with Gasteiger partial charge in [0, 0.05) is 43.9 Å². The number of ether oxygens (including phenoxy) is 2. The van der Waals surface area contributed by atoms with E-state index in [1.54, 1.807) is 37.2 Å². The fourth-order valence-corrected chi connectivity index (χ4v) is 5.94. The molecule has 4 aromatic rings. The molecule has 0 bridgehead atoms. The van der Waals surface area contributed by atoms with E-state index in [1.165, 1.54) is 41.8 Å². The number of nitrogens with zero attached hydrogens (tertiary/aromatic N) is 6. The van der Waals surface area contributed by atoms with Gasteiger partial charge in [-0.25, -0.2) is 9.07 Å². The van der Waals surface area contributed by atoms with Gasteiger partial charge in [-0.05, 0) is 55.6 Å². The van der Waals surface area contributed by atoms with Crippen LogP contribution in [0.15, 0.2) is 42.7 Å². The zero-order chi connectivity index (χ0) is 28.7. The van der Waals surface area contributed by atoms with Gasteiger partial charge in [0.05, 0.1) is 43.4 Å². The zero-order valence-electron chi connectivity index (χ0n) is 23.8. The summed E-state index contributed by atoms with van der Waals surface area (Å²) >= 11 is 0. The number of nitrogens with one attached hydrogen (secondary N) is 1. The van der Waals surface area contributed by atoms with Crippen LogP contribution < -0.4 is 10.1 Å². The van der Waals surface area contributed by atoms with Crippen molar-refractivity contribution in [1.29, 1.82) is 0 Å². The highest BCUT2D eigenvalue weighted by Gasteiger charge is 2.48. The lowest BCUT2D eigenvalue weighted by Gasteiger charge is -2.32. The molecule has 1 amide bonds. The molecule has 2 aromatic heterocycles.